The number of benzene rings is 1. The van der Waals surface area contributed by atoms with Crippen molar-refractivity contribution < 1.29 is 9.47 Å². The molecule has 0 aliphatic carbocycles. The largest absolute Gasteiger partial charge is 0.348 e. The van der Waals surface area contributed by atoms with Gasteiger partial charge < -0.3 is 14.4 Å². The maximum Gasteiger partial charge on any atom is 0.165 e. The number of aryl methyl sites for hydroxylation is 1. The highest BCUT2D eigenvalue weighted by Crippen LogP contribution is 2.24. The van der Waals surface area contributed by atoms with E-state index >= 15 is 0 Å². The highest BCUT2D eigenvalue weighted by atomic mass is 35.5. The third kappa shape index (κ3) is 6.22. The van der Waals surface area contributed by atoms with Gasteiger partial charge in [-0.2, -0.15) is 0 Å². The van der Waals surface area contributed by atoms with E-state index in [1.165, 1.54) is 56.7 Å². The molecule has 1 aromatic rings. The Labute approximate surface area is 158 Å². The lowest BCUT2D eigenvalue weighted by Gasteiger charge is -2.35. The third-order valence-corrected chi connectivity index (χ3v) is 5.37. The van der Waals surface area contributed by atoms with Crippen LogP contribution in [0.15, 0.2) is 24.3 Å². The molecule has 1 aromatic carbocycles. The number of nitrogens with zero attached hydrogens (tertiary/aromatic N) is 2. The number of ether oxygens (including phenoxy) is 2. The summed E-state index contributed by atoms with van der Waals surface area (Å²) in [6.07, 6.45) is 3.43. The van der Waals surface area contributed by atoms with Crippen LogP contribution < -0.4 is 0 Å². The number of hydrogen-bond acceptors (Lipinski definition) is 4. The minimum Gasteiger partial charge on any atom is -0.348 e. The summed E-state index contributed by atoms with van der Waals surface area (Å²) < 4.78 is 11.3. The number of rotatable bonds is 7. The molecular formula is C20H33ClN2O2. The Balaban J connectivity index is 0.00000225. The zero-order valence-electron chi connectivity index (χ0n) is 15.7. The molecule has 142 valence electrons. The molecule has 4 nitrogen and oxygen atoms in total. The summed E-state index contributed by atoms with van der Waals surface area (Å²) >= 11 is 0. The second kappa shape index (κ2) is 9.89. The Kier molecular flexibility index (Phi) is 8.17. The van der Waals surface area contributed by atoms with Gasteiger partial charge in [0.15, 0.2) is 5.79 Å². The number of piperazine rings is 1. The van der Waals surface area contributed by atoms with Gasteiger partial charge in [-0.3, -0.25) is 4.90 Å². The topological polar surface area (TPSA) is 24.9 Å². The van der Waals surface area contributed by atoms with Crippen molar-refractivity contribution in [1.29, 1.82) is 0 Å². The van der Waals surface area contributed by atoms with E-state index in [4.69, 9.17) is 9.47 Å². The van der Waals surface area contributed by atoms with Crippen LogP contribution in [0.5, 0.6) is 0 Å². The van der Waals surface area contributed by atoms with E-state index in [9.17, 15) is 0 Å². The molecule has 0 spiro atoms. The molecule has 0 N–H and O–H groups in total. The molecule has 2 saturated heterocycles. The van der Waals surface area contributed by atoms with Crippen molar-refractivity contribution in [2.24, 2.45) is 0 Å². The first-order valence-electron chi connectivity index (χ1n) is 9.42. The molecule has 0 bridgehead atoms. The average molecular weight is 369 g/mol. The van der Waals surface area contributed by atoms with Gasteiger partial charge in [-0.1, -0.05) is 24.3 Å². The van der Waals surface area contributed by atoms with Gasteiger partial charge in [-0.25, -0.2) is 0 Å². The quantitative estimate of drug-likeness (QED) is 0.688. The Hall–Kier alpha value is -0.650. The molecule has 2 heterocycles. The molecule has 0 saturated carbocycles. The van der Waals surface area contributed by atoms with E-state index < -0.39 is 0 Å². The highest BCUT2D eigenvalue weighted by Gasteiger charge is 2.30. The van der Waals surface area contributed by atoms with E-state index in [1.807, 2.05) is 0 Å². The van der Waals surface area contributed by atoms with Crippen LogP contribution in [0.3, 0.4) is 0 Å². The molecule has 2 fully saturated rings. The zero-order valence-corrected chi connectivity index (χ0v) is 16.5. The molecule has 2 aliphatic heterocycles. The summed E-state index contributed by atoms with van der Waals surface area (Å²) in [6.45, 7) is 12.8. The van der Waals surface area contributed by atoms with Gasteiger partial charge in [-0.15, -0.1) is 12.4 Å². The van der Waals surface area contributed by atoms with E-state index in [2.05, 4.69) is 47.9 Å². The summed E-state index contributed by atoms with van der Waals surface area (Å²) in [6, 6.07) is 8.75. The number of unbranched alkanes of at least 4 members (excludes halogenated alkanes) is 1. The maximum absolute atomic E-state index is 5.67. The Morgan fingerprint density at radius 1 is 0.960 bits per heavy atom. The average Bonchev–Trinajstić information content (AvgIpc) is 3.02. The smallest absolute Gasteiger partial charge is 0.165 e. The van der Waals surface area contributed by atoms with Crippen LogP contribution in [0, 0.1) is 6.92 Å². The molecule has 0 unspecified atom stereocenters. The van der Waals surface area contributed by atoms with Gasteiger partial charge in [0.25, 0.3) is 0 Å². The third-order valence-electron chi connectivity index (χ3n) is 5.37. The lowest BCUT2D eigenvalue weighted by Crippen LogP contribution is -2.46. The molecular weight excluding hydrogens is 336 g/mol. The predicted octanol–water partition coefficient (Wildman–Crippen LogP) is 3.47. The molecule has 0 aromatic heterocycles. The molecule has 25 heavy (non-hydrogen) atoms. The van der Waals surface area contributed by atoms with Crippen molar-refractivity contribution in [2.45, 2.75) is 45.4 Å². The van der Waals surface area contributed by atoms with Crippen molar-refractivity contribution in [3.8, 4) is 0 Å². The van der Waals surface area contributed by atoms with Gasteiger partial charge in [0.05, 0.1) is 13.2 Å². The van der Waals surface area contributed by atoms with Crippen LogP contribution in [0.4, 0.5) is 0 Å². The fourth-order valence-corrected chi connectivity index (χ4v) is 3.68. The first-order chi connectivity index (χ1) is 11.6. The van der Waals surface area contributed by atoms with Gasteiger partial charge in [0, 0.05) is 39.1 Å². The van der Waals surface area contributed by atoms with Gasteiger partial charge >= 0.3 is 0 Å². The lowest BCUT2D eigenvalue weighted by molar-refractivity contribution is -0.147. The number of hydrogen-bond donors (Lipinski definition) is 0. The molecule has 0 atom stereocenters. The zero-order chi connectivity index (χ0) is 16.8. The Morgan fingerprint density at radius 2 is 1.60 bits per heavy atom. The van der Waals surface area contributed by atoms with E-state index in [0.717, 1.165) is 26.2 Å². The molecule has 2 aliphatic rings. The van der Waals surface area contributed by atoms with E-state index in [1.54, 1.807) is 0 Å². The van der Waals surface area contributed by atoms with Gasteiger partial charge in [0.2, 0.25) is 0 Å². The van der Waals surface area contributed by atoms with E-state index in [0.29, 0.717) is 0 Å². The SMILES string of the molecule is Cc1ccccc1CN1CCN(CCCCC2(C)OCCO2)CC1.Cl. The standard InChI is InChI=1S/C20H32N2O2.ClH/c1-18-7-3-4-8-19(18)17-22-13-11-21(12-14-22)10-6-5-9-20(2)23-15-16-24-20;/h3-4,7-8H,5-6,9-17H2,1-2H3;1H. The first kappa shape index (κ1) is 20.7. The second-order valence-corrected chi connectivity index (χ2v) is 7.33. The predicted molar refractivity (Wildman–Crippen MR) is 104 cm³/mol. The lowest BCUT2D eigenvalue weighted by atomic mass is 10.1. The monoisotopic (exact) mass is 368 g/mol. The highest BCUT2D eigenvalue weighted by molar-refractivity contribution is 5.85. The Bertz CT molecular complexity index is 512. The summed E-state index contributed by atoms with van der Waals surface area (Å²) in [4.78, 5) is 5.19. The minimum absolute atomic E-state index is 0. The van der Waals surface area contributed by atoms with Crippen molar-refractivity contribution >= 4 is 12.4 Å². The van der Waals surface area contributed by atoms with E-state index in [-0.39, 0.29) is 18.2 Å². The summed E-state index contributed by atoms with van der Waals surface area (Å²) in [7, 11) is 0. The maximum atomic E-state index is 5.67. The molecule has 0 amide bonds. The second-order valence-electron chi connectivity index (χ2n) is 7.33. The van der Waals surface area contributed by atoms with Crippen LogP contribution in [-0.2, 0) is 16.0 Å². The summed E-state index contributed by atoms with van der Waals surface area (Å²) in [5.74, 6) is -0.313. The summed E-state index contributed by atoms with van der Waals surface area (Å²) in [5, 5.41) is 0. The molecule has 0 radical (unpaired) electrons. The molecule has 3 rings (SSSR count). The van der Waals surface area contributed by atoms with Gasteiger partial charge in [-0.05, 0) is 44.4 Å². The summed E-state index contributed by atoms with van der Waals surface area (Å²) in [5.41, 5.74) is 2.88. The Morgan fingerprint density at radius 3 is 2.28 bits per heavy atom. The van der Waals surface area contributed by atoms with Crippen molar-refractivity contribution in [2.75, 3.05) is 45.9 Å². The van der Waals surface area contributed by atoms with Crippen LogP contribution in [0.25, 0.3) is 0 Å². The van der Waals surface area contributed by atoms with Crippen molar-refractivity contribution in [1.82, 2.24) is 9.80 Å². The number of halogens is 1. The fraction of sp³-hybridized carbons (Fsp3) is 0.700. The van der Waals surface area contributed by atoms with Gasteiger partial charge in [0.1, 0.15) is 0 Å². The minimum atomic E-state index is -0.313. The van der Waals surface area contributed by atoms with Crippen molar-refractivity contribution in [3.63, 3.8) is 0 Å². The van der Waals surface area contributed by atoms with Crippen LogP contribution >= 0.6 is 12.4 Å². The van der Waals surface area contributed by atoms with Crippen LogP contribution in [0.2, 0.25) is 0 Å². The molecule has 5 heteroatoms. The van der Waals surface area contributed by atoms with Crippen LogP contribution in [-0.4, -0.2) is 61.5 Å². The first-order valence-corrected chi connectivity index (χ1v) is 9.42. The van der Waals surface area contributed by atoms with Crippen LogP contribution in [0.1, 0.15) is 37.3 Å². The van der Waals surface area contributed by atoms with Crippen molar-refractivity contribution in [3.05, 3.63) is 35.4 Å². The fourth-order valence-electron chi connectivity index (χ4n) is 3.68. The normalized spacial score (nSPS) is 21.2.